The quantitative estimate of drug-likeness (QED) is 0.472. The third-order valence-corrected chi connectivity index (χ3v) is 4.11. The summed E-state index contributed by atoms with van der Waals surface area (Å²) >= 11 is 0. The first-order chi connectivity index (χ1) is 6.20. The molecule has 2 aliphatic carbocycles. The molecule has 1 heteroatoms. The van der Waals surface area contributed by atoms with Gasteiger partial charge >= 0.3 is 0 Å². The molecule has 3 rings (SSSR count). The summed E-state index contributed by atoms with van der Waals surface area (Å²) in [7, 11) is 0. The Balaban J connectivity index is 1.50. The number of rotatable bonds is 3. The molecule has 0 aromatic carbocycles. The zero-order valence-electron chi connectivity index (χ0n) is 8.88. The zero-order valence-corrected chi connectivity index (χ0v) is 8.88. The Morgan fingerprint density at radius 1 is 1.15 bits per heavy atom. The average molecular weight is 177 g/mol. The summed E-state index contributed by atoms with van der Waals surface area (Å²) < 4.78 is 0. The van der Waals surface area contributed by atoms with Crippen LogP contribution < -0.4 is 0 Å². The Kier molecular flexibility index (Phi) is 1.48. The Morgan fingerprint density at radius 2 is 1.77 bits per heavy atom. The molecule has 0 aromatic heterocycles. The van der Waals surface area contributed by atoms with Gasteiger partial charge in [-0.25, -0.2) is 0 Å². The van der Waals surface area contributed by atoms with Crippen LogP contribution in [0.1, 0.15) is 33.6 Å². The minimum Gasteiger partial charge on any atom is -0.290 e. The van der Waals surface area contributed by atoms with Crippen molar-refractivity contribution >= 4 is 0 Å². The van der Waals surface area contributed by atoms with Gasteiger partial charge in [0.05, 0.1) is 0 Å². The maximum atomic E-state index is 2.67. The third-order valence-electron chi connectivity index (χ3n) is 4.11. The Hall–Kier alpha value is -0.300. The van der Waals surface area contributed by atoms with Crippen LogP contribution in [0.2, 0.25) is 0 Å². The second kappa shape index (κ2) is 2.38. The van der Waals surface area contributed by atoms with E-state index < -0.39 is 0 Å². The van der Waals surface area contributed by atoms with Crippen molar-refractivity contribution in [3.05, 3.63) is 11.1 Å². The van der Waals surface area contributed by atoms with E-state index in [0.29, 0.717) is 0 Å². The van der Waals surface area contributed by atoms with Crippen molar-refractivity contribution in [2.45, 2.75) is 45.7 Å². The van der Waals surface area contributed by atoms with Crippen LogP contribution in [0.15, 0.2) is 11.1 Å². The highest BCUT2D eigenvalue weighted by Crippen LogP contribution is 2.65. The third kappa shape index (κ3) is 1.17. The lowest BCUT2D eigenvalue weighted by Gasteiger charge is -2.15. The SMILES string of the molecule is CC(C)=C(C)CN1C2C(C3CC3)C21. The van der Waals surface area contributed by atoms with E-state index >= 15 is 0 Å². The van der Waals surface area contributed by atoms with E-state index in [4.69, 9.17) is 0 Å². The summed E-state index contributed by atoms with van der Waals surface area (Å²) in [4.78, 5) is 2.67. The molecule has 0 N–H and O–H groups in total. The number of nitrogens with zero attached hydrogens (tertiary/aromatic N) is 1. The van der Waals surface area contributed by atoms with Crippen molar-refractivity contribution in [1.29, 1.82) is 0 Å². The van der Waals surface area contributed by atoms with Crippen LogP contribution in [0.3, 0.4) is 0 Å². The van der Waals surface area contributed by atoms with Crippen molar-refractivity contribution in [3.63, 3.8) is 0 Å². The first-order valence-electron chi connectivity index (χ1n) is 5.59. The van der Waals surface area contributed by atoms with Gasteiger partial charge in [-0.15, -0.1) is 0 Å². The van der Waals surface area contributed by atoms with Crippen LogP contribution in [-0.2, 0) is 0 Å². The fourth-order valence-corrected chi connectivity index (χ4v) is 2.64. The first kappa shape index (κ1) is 8.05. The van der Waals surface area contributed by atoms with Crippen LogP contribution in [0.5, 0.6) is 0 Å². The number of likely N-dealkylation sites (tertiary alicyclic amines) is 1. The molecular weight excluding hydrogens is 158 g/mol. The van der Waals surface area contributed by atoms with Gasteiger partial charge in [-0.05, 0) is 45.4 Å². The van der Waals surface area contributed by atoms with Gasteiger partial charge in [-0.1, -0.05) is 11.1 Å². The van der Waals surface area contributed by atoms with Crippen molar-refractivity contribution in [2.75, 3.05) is 6.54 Å². The van der Waals surface area contributed by atoms with E-state index in [0.717, 1.165) is 23.9 Å². The lowest BCUT2D eigenvalue weighted by atomic mass is 10.1. The molecule has 1 saturated heterocycles. The average Bonchev–Trinajstić information content (AvgIpc) is 2.87. The molecule has 1 heterocycles. The lowest BCUT2D eigenvalue weighted by molar-refractivity contribution is 0.336. The second-order valence-electron chi connectivity index (χ2n) is 5.35. The molecule has 0 amide bonds. The van der Waals surface area contributed by atoms with Crippen LogP contribution in [0.4, 0.5) is 0 Å². The van der Waals surface area contributed by atoms with E-state index in [2.05, 4.69) is 25.7 Å². The van der Waals surface area contributed by atoms with Crippen molar-refractivity contribution in [3.8, 4) is 0 Å². The fourth-order valence-electron chi connectivity index (χ4n) is 2.64. The molecule has 1 nitrogen and oxygen atoms in total. The minimum absolute atomic E-state index is 1.03. The highest BCUT2D eigenvalue weighted by molar-refractivity contribution is 5.31. The van der Waals surface area contributed by atoms with Crippen LogP contribution in [-0.4, -0.2) is 23.5 Å². The first-order valence-corrected chi connectivity index (χ1v) is 5.59. The molecule has 72 valence electrons. The molecule has 3 aliphatic rings. The molecular formula is C12H19N. The maximum absolute atomic E-state index is 2.67. The van der Waals surface area contributed by atoms with E-state index in [1.165, 1.54) is 25.0 Å². The predicted molar refractivity (Wildman–Crippen MR) is 54.5 cm³/mol. The maximum Gasteiger partial charge on any atom is 0.0308 e. The van der Waals surface area contributed by atoms with Crippen molar-refractivity contribution in [1.82, 2.24) is 4.90 Å². The predicted octanol–water partition coefficient (Wildman–Crippen LogP) is 2.44. The molecule has 13 heavy (non-hydrogen) atoms. The molecule has 0 spiro atoms. The topological polar surface area (TPSA) is 3.01 Å². The van der Waals surface area contributed by atoms with E-state index in [1.807, 2.05) is 0 Å². The molecule has 2 atom stereocenters. The van der Waals surface area contributed by atoms with Gasteiger partial charge in [-0.3, -0.25) is 4.90 Å². The summed E-state index contributed by atoms with van der Waals surface area (Å²) in [5, 5.41) is 0. The van der Waals surface area contributed by atoms with Crippen LogP contribution in [0, 0.1) is 11.8 Å². The van der Waals surface area contributed by atoms with Gasteiger partial charge in [0.25, 0.3) is 0 Å². The fraction of sp³-hybridized carbons (Fsp3) is 0.833. The summed E-state index contributed by atoms with van der Waals surface area (Å²) in [5.74, 6) is 2.29. The molecule has 3 fully saturated rings. The summed E-state index contributed by atoms with van der Waals surface area (Å²) in [6.45, 7) is 7.98. The standard InChI is InChI=1S/C12H19N/c1-7(2)8(3)6-13-11-10(12(11)13)9-4-5-9/h9-12H,4-6H2,1-3H3. The summed E-state index contributed by atoms with van der Waals surface area (Å²) in [6.07, 6.45) is 3.07. The molecule has 0 radical (unpaired) electrons. The van der Waals surface area contributed by atoms with Gasteiger partial charge < -0.3 is 0 Å². The molecule has 0 bridgehead atoms. The van der Waals surface area contributed by atoms with E-state index in [9.17, 15) is 0 Å². The highest BCUT2D eigenvalue weighted by Gasteiger charge is 2.74. The van der Waals surface area contributed by atoms with Crippen molar-refractivity contribution in [2.24, 2.45) is 11.8 Å². The molecule has 2 saturated carbocycles. The normalized spacial score (nSPS) is 45.5. The second-order valence-corrected chi connectivity index (χ2v) is 5.35. The molecule has 2 unspecified atom stereocenters. The zero-order chi connectivity index (χ0) is 9.16. The van der Waals surface area contributed by atoms with Gasteiger partial charge in [-0.2, -0.15) is 0 Å². The summed E-state index contributed by atoms with van der Waals surface area (Å²) in [6, 6.07) is 2.06. The van der Waals surface area contributed by atoms with Crippen LogP contribution >= 0.6 is 0 Å². The Bertz CT molecular complexity index is 261. The molecule has 0 aromatic rings. The number of hydrogen-bond acceptors (Lipinski definition) is 1. The smallest absolute Gasteiger partial charge is 0.0308 e. The largest absolute Gasteiger partial charge is 0.290 e. The highest BCUT2D eigenvalue weighted by atomic mass is 15.5. The van der Waals surface area contributed by atoms with E-state index in [-0.39, 0.29) is 0 Å². The Morgan fingerprint density at radius 3 is 2.23 bits per heavy atom. The van der Waals surface area contributed by atoms with Gasteiger partial charge in [0.2, 0.25) is 0 Å². The van der Waals surface area contributed by atoms with Gasteiger partial charge in [0.15, 0.2) is 0 Å². The Labute approximate surface area is 80.8 Å². The van der Waals surface area contributed by atoms with Gasteiger partial charge in [0.1, 0.15) is 0 Å². The number of hydrogen-bond donors (Lipinski definition) is 0. The number of fused-ring (bicyclic) bond motifs is 1. The van der Waals surface area contributed by atoms with Crippen LogP contribution in [0.25, 0.3) is 0 Å². The monoisotopic (exact) mass is 177 g/mol. The molecule has 1 aliphatic heterocycles. The number of allylic oxidation sites excluding steroid dienone is 1. The summed E-state index contributed by atoms with van der Waals surface area (Å²) in [5.41, 5.74) is 3.09. The minimum atomic E-state index is 1.03. The van der Waals surface area contributed by atoms with E-state index in [1.54, 1.807) is 5.57 Å². The van der Waals surface area contributed by atoms with Crippen molar-refractivity contribution < 1.29 is 0 Å². The van der Waals surface area contributed by atoms with Gasteiger partial charge in [0, 0.05) is 18.6 Å². The lowest BCUT2D eigenvalue weighted by Crippen LogP contribution is -2.20.